The molecule has 1 atom stereocenters. The minimum atomic E-state index is -0.713. The van der Waals surface area contributed by atoms with E-state index < -0.39 is 11.7 Å². The summed E-state index contributed by atoms with van der Waals surface area (Å²) in [4.78, 5) is 10.8. The van der Waals surface area contributed by atoms with Crippen LogP contribution in [-0.4, -0.2) is 11.7 Å². The van der Waals surface area contributed by atoms with Gasteiger partial charge in [-0.15, -0.1) is 0 Å². The molecular weight excluding hydrogens is 190 g/mol. The fourth-order valence-electron chi connectivity index (χ4n) is 1.50. The Balaban J connectivity index is 2.72. The van der Waals surface area contributed by atoms with Crippen molar-refractivity contribution < 1.29 is 9.53 Å². The normalized spacial score (nSPS) is 14.3. The molecule has 1 rings (SSSR count). The molecule has 0 bridgehead atoms. The van der Waals surface area contributed by atoms with Crippen molar-refractivity contribution in [1.29, 1.82) is 0 Å². The zero-order chi connectivity index (χ0) is 11.3. The van der Waals surface area contributed by atoms with E-state index in [2.05, 4.69) is 0 Å². The molecule has 1 aromatic carbocycles. The van der Waals surface area contributed by atoms with Gasteiger partial charge >= 0.3 is 6.09 Å². The summed E-state index contributed by atoms with van der Waals surface area (Å²) in [5.41, 5.74) is 5.68. The van der Waals surface area contributed by atoms with Gasteiger partial charge in [-0.25, -0.2) is 4.79 Å². The number of carbonyl (C=O) groups is 1. The molecule has 3 nitrogen and oxygen atoms in total. The number of amides is 1. The smallest absolute Gasteiger partial charge is 0.405 e. The standard InChI is InChI=1S/C12H17NO2/c1-3-12(2,15-11(13)14)9-10-7-5-4-6-8-10/h4-8H,3,9H2,1-2H3,(H2,13,14). The highest BCUT2D eigenvalue weighted by atomic mass is 16.6. The predicted molar refractivity (Wildman–Crippen MR) is 59.5 cm³/mol. The average Bonchev–Trinajstić information content (AvgIpc) is 2.18. The maximum Gasteiger partial charge on any atom is 0.405 e. The number of nitrogens with two attached hydrogens (primary N) is 1. The van der Waals surface area contributed by atoms with Crippen molar-refractivity contribution in [3.05, 3.63) is 35.9 Å². The van der Waals surface area contributed by atoms with E-state index in [4.69, 9.17) is 10.5 Å². The van der Waals surface area contributed by atoms with Gasteiger partial charge in [-0.3, -0.25) is 0 Å². The van der Waals surface area contributed by atoms with Gasteiger partial charge in [0.2, 0.25) is 0 Å². The van der Waals surface area contributed by atoms with E-state index in [1.165, 1.54) is 0 Å². The van der Waals surface area contributed by atoms with Crippen LogP contribution < -0.4 is 5.73 Å². The zero-order valence-electron chi connectivity index (χ0n) is 9.19. The molecule has 0 saturated carbocycles. The number of ether oxygens (including phenoxy) is 1. The third kappa shape index (κ3) is 3.62. The molecular formula is C12H17NO2. The molecule has 3 heteroatoms. The van der Waals surface area contributed by atoms with Crippen LogP contribution in [0.5, 0.6) is 0 Å². The van der Waals surface area contributed by atoms with Gasteiger partial charge in [0.25, 0.3) is 0 Å². The molecule has 0 spiro atoms. The molecule has 0 saturated heterocycles. The fourth-order valence-corrected chi connectivity index (χ4v) is 1.50. The van der Waals surface area contributed by atoms with E-state index >= 15 is 0 Å². The molecule has 2 N–H and O–H groups in total. The number of carbonyl (C=O) groups excluding carboxylic acids is 1. The van der Waals surface area contributed by atoms with Gasteiger partial charge in [0.1, 0.15) is 5.60 Å². The zero-order valence-corrected chi connectivity index (χ0v) is 9.19. The predicted octanol–water partition coefficient (Wildman–Crippen LogP) is 2.49. The van der Waals surface area contributed by atoms with Crippen molar-refractivity contribution in [1.82, 2.24) is 0 Å². The summed E-state index contributed by atoms with van der Waals surface area (Å²) >= 11 is 0. The van der Waals surface area contributed by atoms with Crippen LogP contribution in [0, 0.1) is 0 Å². The number of rotatable bonds is 4. The third-order valence-electron chi connectivity index (χ3n) is 2.52. The molecule has 1 aromatic rings. The Labute approximate surface area is 90.2 Å². The first kappa shape index (κ1) is 11.6. The summed E-state index contributed by atoms with van der Waals surface area (Å²) in [6.45, 7) is 3.87. The molecule has 0 radical (unpaired) electrons. The lowest BCUT2D eigenvalue weighted by Crippen LogP contribution is -2.35. The first-order chi connectivity index (χ1) is 7.06. The van der Waals surface area contributed by atoms with Crippen LogP contribution in [0.2, 0.25) is 0 Å². The summed E-state index contributed by atoms with van der Waals surface area (Å²) in [6, 6.07) is 9.92. The van der Waals surface area contributed by atoms with Crippen LogP contribution in [-0.2, 0) is 11.2 Å². The molecule has 0 heterocycles. The SMILES string of the molecule is CCC(C)(Cc1ccccc1)OC(N)=O. The lowest BCUT2D eigenvalue weighted by Gasteiger charge is -2.27. The fraction of sp³-hybridized carbons (Fsp3) is 0.417. The Hall–Kier alpha value is -1.51. The first-order valence-corrected chi connectivity index (χ1v) is 5.08. The maximum absolute atomic E-state index is 10.8. The van der Waals surface area contributed by atoms with Gasteiger partial charge in [0.15, 0.2) is 0 Å². The maximum atomic E-state index is 10.8. The van der Waals surface area contributed by atoms with Crippen LogP contribution in [0.1, 0.15) is 25.8 Å². The molecule has 1 unspecified atom stereocenters. The van der Waals surface area contributed by atoms with Gasteiger partial charge in [-0.05, 0) is 18.9 Å². The minimum absolute atomic E-state index is 0.507. The average molecular weight is 207 g/mol. The second-order valence-electron chi connectivity index (χ2n) is 3.89. The summed E-state index contributed by atoms with van der Waals surface area (Å²) in [6.07, 6.45) is 0.716. The van der Waals surface area contributed by atoms with Crippen LogP contribution in [0.4, 0.5) is 4.79 Å². The van der Waals surface area contributed by atoms with Crippen molar-refractivity contribution in [3.8, 4) is 0 Å². The molecule has 0 aromatic heterocycles. The Kier molecular flexibility index (Phi) is 3.72. The van der Waals surface area contributed by atoms with Gasteiger partial charge < -0.3 is 10.5 Å². The summed E-state index contributed by atoms with van der Waals surface area (Å²) < 4.78 is 5.13. The Morgan fingerprint density at radius 2 is 2.00 bits per heavy atom. The second-order valence-corrected chi connectivity index (χ2v) is 3.89. The molecule has 0 aliphatic heterocycles. The quantitative estimate of drug-likeness (QED) is 0.824. The second kappa shape index (κ2) is 4.82. The Morgan fingerprint density at radius 3 is 2.47 bits per heavy atom. The number of primary amides is 1. The van der Waals surface area contributed by atoms with Crippen molar-refractivity contribution >= 4 is 6.09 Å². The highest BCUT2D eigenvalue weighted by molar-refractivity contribution is 5.65. The first-order valence-electron chi connectivity index (χ1n) is 5.08. The molecule has 15 heavy (non-hydrogen) atoms. The highest BCUT2D eigenvalue weighted by Crippen LogP contribution is 2.21. The van der Waals surface area contributed by atoms with Crippen LogP contribution >= 0.6 is 0 Å². The van der Waals surface area contributed by atoms with Gasteiger partial charge in [0.05, 0.1) is 0 Å². The third-order valence-corrected chi connectivity index (χ3v) is 2.52. The Bertz CT molecular complexity index is 324. The highest BCUT2D eigenvalue weighted by Gasteiger charge is 2.26. The summed E-state index contributed by atoms with van der Waals surface area (Å²) in [5.74, 6) is 0. The van der Waals surface area contributed by atoms with Gasteiger partial charge in [0, 0.05) is 6.42 Å². The lowest BCUT2D eigenvalue weighted by atomic mass is 9.94. The molecule has 82 valence electrons. The molecule has 1 amide bonds. The van der Waals surface area contributed by atoms with Gasteiger partial charge in [-0.1, -0.05) is 37.3 Å². The van der Waals surface area contributed by atoms with Crippen molar-refractivity contribution in [2.45, 2.75) is 32.3 Å². The van der Waals surface area contributed by atoms with E-state index in [1.807, 2.05) is 44.2 Å². The van der Waals surface area contributed by atoms with Gasteiger partial charge in [-0.2, -0.15) is 0 Å². The number of hydrogen-bond acceptors (Lipinski definition) is 2. The molecule has 0 aliphatic carbocycles. The minimum Gasteiger partial charge on any atom is -0.443 e. The van der Waals surface area contributed by atoms with Crippen molar-refractivity contribution in [2.24, 2.45) is 5.73 Å². The largest absolute Gasteiger partial charge is 0.443 e. The van der Waals surface area contributed by atoms with Crippen molar-refractivity contribution in [3.63, 3.8) is 0 Å². The van der Waals surface area contributed by atoms with Crippen LogP contribution in [0.3, 0.4) is 0 Å². The van der Waals surface area contributed by atoms with E-state index in [1.54, 1.807) is 0 Å². The summed E-state index contributed by atoms with van der Waals surface area (Å²) in [7, 11) is 0. The van der Waals surface area contributed by atoms with Crippen LogP contribution in [0.25, 0.3) is 0 Å². The Morgan fingerprint density at radius 1 is 1.40 bits per heavy atom. The van der Waals surface area contributed by atoms with E-state index in [0.29, 0.717) is 6.42 Å². The number of benzene rings is 1. The molecule has 0 fully saturated rings. The lowest BCUT2D eigenvalue weighted by molar-refractivity contribution is 0.0284. The molecule has 0 aliphatic rings. The van der Waals surface area contributed by atoms with Crippen molar-refractivity contribution in [2.75, 3.05) is 0 Å². The van der Waals surface area contributed by atoms with E-state index in [-0.39, 0.29) is 0 Å². The summed E-state index contributed by atoms with van der Waals surface area (Å²) in [5, 5.41) is 0. The monoisotopic (exact) mass is 207 g/mol. The van der Waals surface area contributed by atoms with Crippen LogP contribution in [0.15, 0.2) is 30.3 Å². The van der Waals surface area contributed by atoms with E-state index in [9.17, 15) is 4.79 Å². The topological polar surface area (TPSA) is 52.3 Å². The number of hydrogen-bond donors (Lipinski definition) is 1. The van der Waals surface area contributed by atoms with E-state index in [0.717, 1.165) is 12.0 Å².